The van der Waals surface area contributed by atoms with Crippen LogP contribution < -0.4 is 14.8 Å². The number of nitrogens with one attached hydrogen (secondary N) is 2. The first kappa shape index (κ1) is 16.9. The van der Waals surface area contributed by atoms with E-state index in [1.165, 1.54) is 11.8 Å². The van der Waals surface area contributed by atoms with Gasteiger partial charge in [0.15, 0.2) is 0 Å². The molecular formula is C14H24N2O3S. The van der Waals surface area contributed by atoms with Crippen molar-refractivity contribution in [2.45, 2.75) is 26.3 Å². The van der Waals surface area contributed by atoms with Crippen LogP contribution in [0.3, 0.4) is 0 Å². The SMILES string of the molecule is COc1ccc(C)cc1C(C)NCCCNS(C)(=O)=O. The van der Waals surface area contributed by atoms with E-state index in [0.29, 0.717) is 6.54 Å². The number of sulfonamides is 1. The lowest BCUT2D eigenvalue weighted by Crippen LogP contribution is -2.27. The lowest BCUT2D eigenvalue weighted by atomic mass is 10.0. The molecule has 0 fully saturated rings. The monoisotopic (exact) mass is 300 g/mol. The average Bonchev–Trinajstić information content (AvgIpc) is 2.36. The van der Waals surface area contributed by atoms with E-state index in [4.69, 9.17) is 4.74 Å². The first-order valence-electron chi connectivity index (χ1n) is 6.66. The van der Waals surface area contributed by atoms with Crippen molar-refractivity contribution in [3.8, 4) is 5.75 Å². The van der Waals surface area contributed by atoms with Gasteiger partial charge in [0, 0.05) is 18.2 Å². The highest BCUT2D eigenvalue weighted by Gasteiger charge is 2.10. The summed E-state index contributed by atoms with van der Waals surface area (Å²) in [6, 6.07) is 6.24. The fourth-order valence-electron chi connectivity index (χ4n) is 1.97. The van der Waals surface area contributed by atoms with Gasteiger partial charge in [-0.25, -0.2) is 13.1 Å². The third kappa shape index (κ3) is 5.90. The molecule has 0 radical (unpaired) electrons. The second-order valence-electron chi connectivity index (χ2n) is 4.94. The fourth-order valence-corrected chi connectivity index (χ4v) is 2.48. The van der Waals surface area contributed by atoms with Crippen LogP contribution in [0.1, 0.15) is 30.5 Å². The van der Waals surface area contributed by atoms with Crippen LogP contribution in [0.5, 0.6) is 5.75 Å². The zero-order valence-corrected chi connectivity index (χ0v) is 13.4. The van der Waals surface area contributed by atoms with Crippen molar-refractivity contribution >= 4 is 10.0 Å². The van der Waals surface area contributed by atoms with Crippen LogP contribution in [0, 0.1) is 6.92 Å². The largest absolute Gasteiger partial charge is 0.496 e. The standard InChI is InChI=1S/C14H24N2O3S/c1-11-6-7-14(19-3)13(10-11)12(2)15-8-5-9-16-20(4,17)18/h6-7,10,12,15-16H,5,8-9H2,1-4H3. The quantitative estimate of drug-likeness (QED) is 0.716. The fraction of sp³-hybridized carbons (Fsp3) is 0.571. The van der Waals surface area contributed by atoms with E-state index >= 15 is 0 Å². The van der Waals surface area contributed by atoms with Gasteiger partial charge in [-0.2, -0.15) is 0 Å². The topological polar surface area (TPSA) is 67.4 Å². The van der Waals surface area contributed by atoms with Crippen LogP contribution in [-0.2, 0) is 10.0 Å². The Kier molecular flexibility index (Phi) is 6.45. The summed E-state index contributed by atoms with van der Waals surface area (Å²) in [5, 5.41) is 3.37. The highest BCUT2D eigenvalue weighted by atomic mass is 32.2. The van der Waals surface area contributed by atoms with E-state index in [2.05, 4.69) is 23.0 Å². The summed E-state index contributed by atoms with van der Waals surface area (Å²) >= 11 is 0. The smallest absolute Gasteiger partial charge is 0.208 e. The Balaban J connectivity index is 2.47. The summed E-state index contributed by atoms with van der Waals surface area (Å²) in [7, 11) is -1.43. The van der Waals surface area contributed by atoms with E-state index < -0.39 is 10.0 Å². The Hall–Kier alpha value is -1.11. The van der Waals surface area contributed by atoms with Crippen LogP contribution in [0.25, 0.3) is 0 Å². The summed E-state index contributed by atoms with van der Waals surface area (Å²) in [5.41, 5.74) is 2.30. The maximum Gasteiger partial charge on any atom is 0.208 e. The molecule has 0 bridgehead atoms. The van der Waals surface area contributed by atoms with Crippen molar-refractivity contribution in [1.29, 1.82) is 0 Å². The molecule has 1 aromatic carbocycles. The molecular weight excluding hydrogens is 276 g/mol. The molecule has 0 aliphatic rings. The number of ether oxygens (including phenoxy) is 1. The van der Waals surface area contributed by atoms with Crippen molar-refractivity contribution in [3.05, 3.63) is 29.3 Å². The molecule has 0 spiro atoms. The zero-order chi connectivity index (χ0) is 15.2. The lowest BCUT2D eigenvalue weighted by molar-refractivity contribution is 0.401. The highest BCUT2D eigenvalue weighted by Crippen LogP contribution is 2.25. The van der Waals surface area contributed by atoms with Crippen LogP contribution >= 0.6 is 0 Å². The summed E-state index contributed by atoms with van der Waals surface area (Å²) < 4.78 is 29.7. The van der Waals surface area contributed by atoms with E-state index in [1.807, 2.05) is 19.1 Å². The van der Waals surface area contributed by atoms with Gasteiger partial charge in [-0.3, -0.25) is 0 Å². The molecule has 1 aromatic rings. The third-order valence-electron chi connectivity index (χ3n) is 3.02. The molecule has 0 amide bonds. The number of aryl methyl sites for hydroxylation is 1. The Morgan fingerprint density at radius 3 is 2.60 bits per heavy atom. The molecule has 0 heterocycles. The molecule has 1 rings (SSSR count). The molecule has 0 saturated carbocycles. The molecule has 0 aromatic heterocycles. The van der Waals surface area contributed by atoms with Crippen LogP contribution in [0.15, 0.2) is 18.2 Å². The lowest BCUT2D eigenvalue weighted by Gasteiger charge is -2.18. The average molecular weight is 300 g/mol. The third-order valence-corrected chi connectivity index (χ3v) is 3.75. The number of rotatable bonds is 8. The minimum atomic E-state index is -3.09. The van der Waals surface area contributed by atoms with Gasteiger partial charge in [-0.05, 0) is 32.9 Å². The number of hydrogen-bond acceptors (Lipinski definition) is 4. The minimum absolute atomic E-state index is 0.156. The maximum absolute atomic E-state index is 10.9. The van der Waals surface area contributed by atoms with Crippen molar-refractivity contribution in [1.82, 2.24) is 10.0 Å². The van der Waals surface area contributed by atoms with Crippen LogP contribution in [-0.4, -0.2) is 34.9 Å². The van der Waals surface area contributed by atoms with Gasteiger partial charge in [0.1, 0.15) is 5.75 Å². The van der Waals surface area contributed by atoms with Gasteiger partial charge in [-0.1, -0.05) is 17.7 Å². The predicted octanol–water partition coefficient (Wildman–Crippen LogP) is 1.59. The number of methoxy groups -OCH3 is 1. The van der Waals surface area contributed by atoms with E-state index in [-0.39, 0.29) is 6.04 Å². The van der Waals surface area contributed by atoms with Crippen LogP contribution in [0.2, 0.25) is 0 Å². The summed E-state index contributed by atoms with van der Waals surface area (Å²) in [5.74, 6) is 0.866. The van der Waals surface area contributed by atoms with E-state index in [9.17, 15) is 8.42 Å². The summed E-state index contributed by atoms with van der Waals surface area (Å²) in [6.07, 6.45) is 1.91. The Morgan fingerprint density at radius 2 is 2.00 bits per heavy atom. The van der Waals surface area contributed by atoms with Crippen molar-refractivity contribution < 1.29 is 13.2 Å². The molecule has 1 unspecified atom stereocenters. The van der Waals surface area contributed by atoms with Gasteiger partial charge in [-0.15, -0.1) is 0 Å². The first-order valence-corrected chi connectivity index (χ1v) is 8.55. The Bertz CT molecular complexity index is 529. The van der Waals surface area contributed by atoms with Gasteiger partial charge in [0.25, 0.3) is 0 Å². The van der Waals surface area contributed by atoms with Crippen molar-refractivity contribution in [3.63, 3.8) is 0 Å². The van der Waals surface area contributed by atoms with Crippen LogP contribution in [0.4, 0.5) is 0 Å². The molecule has 0 saturated heterocycles. The molecule has 0 aliphatic carbocycles. The molecule has 0 aliphatic heterocycles. The Morgan fingerprint density at radius 1 is 1.30 bits per heavy atom. The molecule has 5 nitrogen and oxygen atoms in total. The van der Waals surface area contributed by atoms with Gasteiger partial charge >= 0.3 is 0 Å². The number of benzene rings is 1. The van der Waals surface area contributed by atoms with Gasteiger partial charge in [0.05, 0.1) is 13.4 Å². The zero-order valence-electron chi connectivity index (χ0n) is 12.6. The second kappa shape index (κ2) is 7.61. The minimum Gasteiger partial charge on any atom is -0.496 e. The summed E-state index contributed by atoms with van der Waals surface area (Å²) in [4.78, 5) is 0. The number of hydrogen-bond donors (Lipinski definition) is 2. The Labute approximate surface area is 121 Å². The first-order chi connectivity index (χ1) is 9.33. The van der Waals surface area contributed by atoms with Gasteiger partial charge < -0.3 is 10.1 Å². The summed E-state index contributed by atoms with van der Waals surface area (Å²) in [6.45, 7) is 5.30. The normalized spacial score (nSPS) is 13.2. The molecule has 20 heavy (non-hydrogen) atoms. The van der Waals surface area contributed by atoms with Crippen molar-refractivity contribution in [2.75, 3.05) is 26.5 Å². The molecule has 2 N–H and O–H groups in total. The molecule has 1 atom stereocenters. The van der Waals surface area contributed by atoms with Gasteiger partial charge in [0.2, 0.25) is 10.0 Å². The second-order valence-corrected chi connectivity index (χ2v) is 6.77. The van der Waals surface area contributed by atoms with Crippen molar-refractivity contribution in [2.24, 2.45) is 0 Å². The molecule has 6 heteroatoms. The molecule has 114 valence electrons. The highest BCUT2D eigenvalue weighted by molar-refractivity contribution is 7.88. The van der Waals surface area contributed by atoms with E-state index in [1.54, 1.807) is 7.11 Å². The van der Waals surface area contributed by atoms with E-state index in [0.717, 1.165) is 24.3 Å². The predicted molar refractivity (Wildman–Crippen MR) is 81.6 cm³/mol. The maximum atomic E-state index is 10.9.